The molecule has 5 heteroatoms. The third-order valence-corrected chi connectivity index (χ3v) is 3.94. The zero-order valence-corrected chi connectivity index (χ0v) is 12.7. The molecule has 0 N–H and O–H groups in total. The highest BCUT2D eigenvalue weighted by Gasteiger charge is 2.16. The maximum atomic E-state index is 13.9. The molecule has 1 heterocycles. The lowest BCUT2D eigenvalue weighted by molar-refractivity contribution is 0.525. The summed E-state index contributed by atoms with van der Waals surface area (Å²) in [6.07, 6.45) is 0.862. The fraction of sp³-hybridized carbons (Fsp3) is 0.357. The highest BCUT2D eigenvalue weighted by molar-refractivity contribution is 9.10. The minimum absolute atomic E-state index is 0.0302. The van der Waals surface area contributed by atoms with Crippen molar-refractivity contribution in [2.24, 2.45) is 0 Å². The summed E-state index contributed by atoms with van der Waals surface area (Å²) in [4.78, 5) is 0. The third kappa shape index (κ3) is 2.56. The van der Waals surface area contributed by atoms with Crippen molar-refractivity contribution in [2.75, 3.05) is 0 Å². The molecule has 0 aliphatic heterocycles. The van der Waals surface area contributed by atoms with Gasteiger partial charge < -0.3 is 0 Å². The second-order valence-electron chi connectivity index (χ2n) is 4.48. The van der Waals surface area contributed by atoms with Gasteiger partial charge in [-0.15, -0.1) is 0 Å². The molecule has 2 nitrogen and oxygen atoms in total. The van der Waals surface area contributed by atoms with E-state index in [1.807, 2.05) is 20.8 Å². The Hall–Kier alpha value is -1.23. The molecule has 2 rings (SSSR count). The van der Waals surface area contributed by atoms with Crippen molar-refractivity contribution in [3.8, 4) is 0 Å². The fourth-order valence-electron chi connectivity index (χ4n) is 2.26. The number of halogens is 3. The Bertz CT molecular complexity index is 620. The van der Waals surface area contributed by atoms with Gasteiger partial charge >= 0.3 is 0 Å². The Balaban J connectivity index is 2.45. The summed E-state index contributed by atoms with van der Waals surface area (Å²) in [5, 5.41) is 4.36. The summed E-state index contributed by atoms with van der Waals surface area (Å²) in [5.41, 5.74) is 3.04. The molecule has 0 bridgehead atoms. The highest BCUT2D eigenvalue weighted by atomic mass is 79.9. The van der Waals surface area contributed by atoms with Crippen LogP contribution < -0.4 is 0 Å². The van der Waals surface area contributed by atoms with Crippen LogP contribution >= 0.6 is 15.9 Å². The average Bonchev–Trinajstić information content (AvgIpc) is 2.64. The minimum atomic E-state index is -0.564. The van der Waals surface area contributed by atoms with Crippen molar-refractivity contribution >= 4 is 15.9 Å². The van der Waals surface area contributed by atoms with Gasteiger partial charge in [-0.2, -0.15) is 5.10 Å². The van der Waals surface area contributed by atoms with Crippen LogP contribution in [0.1, 0.15) is 29.4 Å². The van der Waals surface area contributed by atoms with E-state index in [0.717, 1.165) is 23.4 Å². The van der Waals surface area contributed by atoms with Gasteiger partial charge in [0.1, 0.15) is 11.6 Å². The summed E-state index contributed by atoms with van der Waals surface area (Å²) in [5.74, 6) is -1.11. The van der Waals surface area contributed by atoms with Crippen LogP contribution in [0.5, 0.6) is 0 Å². The zero-order chi connectivity index (χ0) is 14.2. The first-order chi connectivity index (χ1) is 8.95. The number of nitrogens with zero attached hydrogens (tertiary/aromatic N) is 2. The van der Waals surface area contributed by atoms with E-state index >= 15 is 0 Å². The standard InChI is InChI=1S/C14H15BrF2N2/c1-4-10-8(2)18-19(9(10)3)7-11-13(16)6-5-12(15)14(11)17/h5-6H,4,7H2,1-3H3. The first kappa shape index (κ1) is 14.2. The molecular weight excluding hydrogens is 314 g/mol. The summed E-state index contributed by atoms with van der Waals surface area (Å²) in [6, 6.07) is 2.63. The van der Waals surface area contributed by atoms with E-state index in [1.54, 1.807) is 4.68 Å². The molecule has 0 atom stereocenters. The number of hydrogen-bond donors (Lipinski definition) is 0. The maximum absolute atomic E-state index is 13.9. The Morgan fingerprint density at radius 1 is 1.21 bits per heavy atom. The monoisotopic (exact) mass is 328 g/mol. The second-order valence-corrected chi connectivity index (χ2v) is 5.34. The first-order valence-corrected chi connectivity index (χ1v) is 6.90. The van der Waals surface area contributed by atoms with Crippen LogP contribution in [0.3, 0.4) is 0 Å². The first-order valence-electron chi connectivity index (χ1n) is 6.11. The van der Waals surface area contributed by atoms with Crippen molar-refractivity contribution in [2.45, 2.75) is 33.7 Å². The van der Waals surface area contributed by atoms with Gasteiger partial charge in [-0.1, -0.05) is 6.92 Å². The fourth-order valence-corrected chi connectivity index (χ4v) is 2.63. The molecule has 0 aliphatic carbocycles. The lowest BCUT2D eigenvalue weighted by atomic mass is 10.1. The lowest BCUT2D eigenvalue weighted by Crippen LogP contribution is -2.08. The van der Waals surface area contributed by atoms with Gasteiger partial charge in [0.15, 0.2) is 0 Å². The molecule has 0 spiro atoms. The van der Waals surface area contributed by atoms with Crippen LogP contribution in [0.2, 0.25) is 0 Å². The van der Waals surface area contributed by atoms with E-state index in [9.17, 15) is 8.78 Å². The summed E-state index contributed by atoms with van der Waals surface area (Å²) < 4.78 is 29.6. The normalized spacial score (nSPS) is 11.1. The SMILES string of the molecule is CCc1c(C)nn(Cc2c(F)ccc(Br)c2F)c1C. The molecule has 19 heavy (non-hydrogen) atoms. The molecule has 0 radical (unpaired) electrons. The number of rotatable bonds is 3. The molecule has 0 fully saturated rings. The van der Waals surface area contributed by atoms with Crippen molar-refractivity contribution in [1.29, 1.82) is 0 Å². The Labute approximate surface area is 119 Å². The van der Waals surface area contributed by atoms with Crippen LogP contribution in [-0.2, 0) is 13.0 Å². The Kier molecular flexibility index (Phi) is 4.04. The largest absolute Gasteiger partial charge is 0.265 e. The molecular formula is C14H15BrF2N2. The quantitative estimate of drug-likeness (QED) is 0.774. The number of hydrogen-bond acceptors (Lipinski definition) is 1. The van der Waals surface area contributed by atoms with Crippen molar-refractivity contribution in [3.63, 3.8) is 0 Å². The summed E-state index contributed by atoms with van der Waals surface area (Å²) in [7, 11) is 0. The van der Waals surface area contributed by atoms with Crippen LogP contribution in [-0.4, -0.2) is 9.78 Å². The van der Waals surface area contributed by atoms with Gasteiger partial charge in [-0.25, -0.2) is 8.78 Å². The molecule has 0 saturated carbocycles. The van der Waals surface area contributed by atoms with Crippen LogP contribution in [0.4, 0.5) is 8.78 Å². The van der Waals surface area contributed by atoms with Crippen LogP contribution in [0.15, 0.2) is 16.6 Å². The maximum Gasteiger partial charge on any atom is 0.145 e. The molecule has 102 valence electrons. The minimum Gasteiger partial charge on any atom is -0.265 e. The number of aromatic nitrogens is 2. The third-order valence-electron chi connectivity index (χ3n) is 3.33. The topological polar surface area (TPSA) is 17.8 Å². The second kappa shape index (κ2) is 5.41. The average molecular weight is 329 g/mol. The lowest BCUT2D eigenvalue weighted by Gasteiger charge is -2.09. The van der Waals surface area contributed by atoms with Crippen LogP contribution in [0, 0.1) is 25.5 Å². The van der Waals surface area contributed by atoms with E-state index in [4.69, 9.17) is 0 Å². The Morgan fingerprint density at radius 2 is 1.89 bits per heavy atom. The van der Waals surface area contributed by atoms with E-state index in [-0.39, 0.29) is 16.6 Å². The van der Waals surface area contributed by atoms with E-state index in [1.165, 1.54) is 12.1 Å². The van der Waals surface area contributed by atoms with Gasteiger partial charge in [0.25, 0.3) is 0 Å². The number of aryl methyl sites for hydroxylation is 1. The molecule has 2 aromatic rings. The van der Waals surface area contributed by atoms with Gasteiger partial charge in [0, 0.05) is 11.3 Å². The van der Waals surface area contributed by atoms with Crippen molar-refractivity contribution in [3.05, 3.63) is 50.8 Å². The van der Waals surface area contributed by atoms with Gasteiger partial charge in [0.05, 0.1) is 16.7 Å². The zero-order valence-electron chi connectivity index (χ0n) is 11.1. The van der Waals surface area contributed by atoms with Gasteiger partial charge in [-0.05, 0) is 53.9 Å². The molecule has 0 unspecified atom stereocenters. The smallest absolute Gasteiger partial charge is 0.145 e. The van der Waals surface area contributed by atoms with E-state index in [0.29, 0.717) is 0 Å². The molecule has 1 aromatic heterocycles. The van der Waals surface area contributed by atoms with E-state index in [2.05, 4.69) is 21.0 Å². The Morgan fingerprint density at radius 3 is 2.47 bits per heavy atom. The van der Waals surface area contributed by atoms with Gasteiger partial charge in [-0.3, -0.25) is 4.68 Å². The predicted octanol–water partition coefficient (Wildman–Crippen LogP) is 4.15. The molecule has 0 saturated heterocycles. The summed E-state index contributed by atoms with van der Waals surface area (Å²) >= 11 is 3.07. The predicted molar refractivity (Wildman–Crippen MR) is 74.2 cm³/mol. The van der Waals surface area contributed by atoms with Crippen molar-refractivity contribution in [1.82, 2.24) is 9.78 Å². The molecule has 0 amide bonds. The number of benzene rings is 1. The van der Waals surface area contributed by atoms with E-state index < -0.39 is 11.6 Å². The summed E-state index contributed by atoms with van der Waals surface area (Å²) in [6.45, 7) is 5.98. The molecule has 1 aromatic carbocycles. The van der Waals surface area contributed by atoms with Crippen LogP contribution in [0.25, 0.3) is 0 Å². The molecule has 0 aliphatic rings. The van der Waals surface area contributed by atoms with Crippen molar-refractivity contribution < 1.29 is 8.78 Å². The highest BCUT2D eigenvalue weighted by Crippen LogP contribution is 2.23. The van der Waals surface area contributed by atoms with Gasteiger partial charge in [0.2, 0.25) is 0 Å².